The molecule has 4 aromatic rings. The molecule has 1 saturated carbocycles. The van der Waals surface area contributed by atoms with E-state index in [0.29, 0.717) is 24.1 Å². The highest BCUT2D eigenvalue weighted by Crippen LogP contribution is 2.40. The molecule has 0 spiro atoms. The fourth-order valence-corrected chi connectivity index (χ4v) is 6.15. The molecule has 188 valence electrons. The van der Waals surface area contributed by atoms with Gasteiger partial charge in [-0.15, -0.1) is 0 Å². The Balaban J connectivity index is 1.23. The first-order valence-electron chi connectivity index (χ1n) is 13.1. The topological polar surface area (TPSA) is 62.2 Å². The largest absolute Gasteiger partial charge is 0.352 e. The van der Waals surface area contributed by atoms with Crippen molar-refractivity contribution < 1.29 is 4.79 Å². The molecule has 6 nitrogen and oxygen atoms in total. The first kappa shape index (κ1) is 23.7. The maximum atomic E-state index is 13.1. The molecule has 7 heteroatoms. The van der Waals surface area contributed by atoms with Gasteiger partial charge in [-0.25, -0.2) is 0 Å². The summed E-state index contributed by atoms with van der Waals surface area (Å²) in [5.74, 6) is -0.0253. The normalized spacial score (nSPS) is 19.9. The van der Waals surface area contributed by atoms with Gasteiger partial charge in [0.2, 0.25) is 5.91 Å². The average molecular weight is 510 g/mol. The summed E-state index contributed by atoms with van der Waals surface area (Å²) in [6, 6.07) is 22.7. The summed E-state index contributed by atoms with van der Waals surface area (Å²) in [5, 5.41) is 9.42. The maximum absolute atomic E-state index is 13.1. The second-order valence-electron chi connectivity index (χ2n) is 9.98. The van der Waals surface area contributed by atoms with E-state index >= 15 is 0 Å². The number of fused-ring (bicyclic) bond motifs is 1. The number of nitrogens with one attached hydrogen (secondary N) is 2. The van der Waals surface area contributed by atoms with Gasteiger partial charge in [0.05, 0.1) is 17.8 Å². The Bertz CT molecular complexity index is 1410. The smallest absolute Gasteiger partial charge is 0.226 e. The SMILES string of the molecule is O=C(CCN1C(=S)N[C@@H](c2ccccn2)[C@@H]1c1ccn(C2CCCC2)c1)Nc1cccc2ccccc12. The summed E-state index contributed by atoms with van der Waals surface area (Å²) in [5.41, 5.74) is 2.98. The lowest BCUT2D eigenvalue weighted by Crippen LogP contribution is -2.32. The minimum atomic E-state index is -0.0748. The Labute approximate surface area is 222 Å². The molecule has 1 aliphatic carbocycles. The second kappa shape index (κ2) is 10.3. The highest BCUT2D eigenvalue weighted by molar-refractivity contribution is 7.80. The van der Waals surface area contributed by atoms with Gasteiger partial charge >= 0.3 is 0 Å². The lowest BCUT2D eigenvalue weighted by molar-refractivity contribution is -0.116. The van der Waals surface area contributed by atoms with E-state index in [4.69, 9.17) is 12.2 Å². The van der Waals surface area contributed by atoms with E-state index in [1.807, 2.05) is 54.7 Å². The van der Waals surface area contributed by atoms with Gasteiger partial charge < -0.3 is 20.1 Å². The molecule has 2 N–H and O–H groups in total. The Hall–Kier alpha value is -3.71. The van der Waals surface area contributed by atoms with Crippen molar-refractivity contribution in [2.45, 2.75) is 50.2 Å². The quantitative estimate of drug-likeness (QED) is 0.293. The number of benzene rings is 2. The number of aromatic nitrogens is 2. The van der Waals surface area contributed by atoms with Crippen LogP contribution in [0.1, 0.15) is 61.5 Å². The third-order valence-corrected chi connectivity index (χ3v) is 8.02. The highest BCUT2D eigenvalue weighted by Gasteiger charge is 2.40. The molecule has 2 aromatic carbocycles. The van der Waals surface area contributed by atoms with Crippen molar-refractivity contribution in [2.75, 3.05) is 11.9 Å². The van der Waals surface area contributed by atoms with E-state index in [0.717, 1.165) is 22.2 Å². The minimum absolute atomic E-state index is 0.0253. The van der Waals surface area contributed by atoms with Crippen LogP contribution in [0.25, 0.3) is 10.8 Å². The van der Waals surface area contributed by atoms with Gasteiger partial charge in [0.1, 0.15) is 0 Å². The third kappa shape index (κ3) is 4.83. The molecule has 6 rings (SSSR count). The number of carbonyl (C=O) groups is 1. The predicted octanol–water partition coefficient (Wildman–Crippen LogP) is 6.15. The third-order valence-electron chi connectivity index (χ3n) is 7.67. The van der Waals surface area contributed by atoms with Crippen LogP contribution in [0.4, 0.5) is 5.69 Å². The molecular weight excluding hydrogens is 478 g/mol. The molecule has 0 unspecified atom stereocenters. The molecule has 1 amide bonds. The Morgan fingerprint density at radius 1 is 1.03 bits per heavy atom. The molecule has 0 bridgehead atoms. The number of thiocarbonyl (C=S) groups is 1. The number of carbonyl (C=O) groups excluding carboxylic acids is 1. The van der Waals surface area contributed by atoms with Crippen molar-refractivity contribution in [1.82, 2.24) is 19.8 Å². The van der Waals surface area contributed by atoms with Crippen LogP contribution < -0.4 is 10.6 Å². The van der Waals surface area contributed by atoms with Gasteiger partial charge in [-0.2, -0.15) is 0 Å². The average Bonchev–Trinajstić information content (AvgIpc) is 3.68. The Kier molecular flexibility index (Phi) is 6.62. The van der Waals surface area contributed by atoms with E-state index in [2.05, 4.69) is 55.7 Å². The highest BCUT2D eigenvalue weighted by atomic mass is 32.1. The van der Waals surface area contributed by atoms with Crippen LogP contribution in [0.2, 0.25) is 0 Å². The van der Waals surface area contributed by atoms with Gasteiger partial charge in [-0.3, -0.25) is 9.78 Å². The van der Waals surface area contributed by atoms with Crippen LogP contribution in [0.15, 0.2) is 85.3 Å². The fourth-order valence-electron chi connectivity index (χ4n) is 5.81. The summed E-state index contributed by atoms with van der Waals surface area (Å²) < 4.78 is 2.37. The maximum Gasteiger partial charge on any atom is 0.226 e. The van der Waals surface area contributed by atoms with Crippen LogP contribution in [0, 0.1) is 0 Å². The van der Waals surface area contributed by atoms with Crippen LogP contribution >= 0.6 is 12.2 Å². The van der Waals surface area contributed by atoms with Crippen LogP contribution in [0.5, 0.6) is 0 Å². The number of rotatable bonds is 7. The molecule has 1 aliphatic heterocycles. The van der Waals surface area contributed by atoms with Crippen molar-refractivity contribution in [3.8, 4) is 0 Å². The number of amides is 1. The van der Waals surface area contributed by atoms with Crippen LogP contribution in [-0.4, -0.2) is 32.0 Å². The van der Waals surface area contributed by atoms with Crippen LogP contribution in [0.3, 0.4) is 0 Å². The molecular formula is C30H31N5OS. The summed E-state index contributed by atoms with van der Waals surface area (Å²) in [6.07, 6.45) is 11.7. The first-order valence-corrected chi connectivity index (χ1v) is 13.5. The van der Waals surface area contributed by atoms with E-state index in [1.165, 1.54) is 31.2 Å². The molecule has 37 heavy (non-hydrogen) atoms. The van der Waals surface area contributed by atoms with Gasteiger partial charge in [-0.1, -0.05) is 55.3 Å². The summed E-state index contributed by atoms with van der Waals surface area (Å²) in [6.45, 7) is 0.519. The number of anilines is 1. The molecule has 3 heterocycles. The van der Waals surface area contributed by atoms with Crippen molar-refractivity contribution in [1.29, 1.82) is 0 Å². The van der Waals surface area contributed by atoms with Crippen molar-refractivity contribution in [2.24, 2.45) is 0 Å². The minimum Gasteiger partial charge on any atom is -0.352 e. The second-order valence-corrected chi connectivity index (χ2v) is 10.4. The molecule has 0 radical (unpaired) electrons. The van der Waals surface area contributed by atoms with E-state index in [-0.39, 0.29) is 18.0 Å². The van der Waals surface area contributed by atoms with Gasteiger partial charge in [0.15, 0.2) is 5.11 Å². The van der Waals surface area contributed by atoms with Gasteiger partial charge in [0.25, 0.3) is 0 Å². The van der Waals surface area contributed by atoms with Crippen LogP contribution in [-0.2, 0) is 4.79 Å². The molecule has 1 saturated heterocycles. The Morgan fingerprint density at radius 2 is 1.84 bits per heavy atom. The van der Waals surface area contributed by atoms with E-state index in [1.54, 1.807) is 0 Å². The number of pyridine rings is 1. The van der Waals surface area contributed by atoms with Crippen molar-refractivity contribution in [3.05, 3.63) is 96.6 Å². The first-order chi connectivity index (χ1) is 18.2. The zero-order valence-electron chi connectivity index (χ0n) is 20.7. The monoisotopic (exact) mass is 509 g/mol. The van der Waals surface area contributed by atoms with Crippen molar-refractivity contribution >= 4 is 39.7 Å². The zero-order valence-corrected chi connectivity index (χ0v) is 21.5. The number of nitrogens with zero attached hydrogens (tertiary/aromatic N) is 3. The summed E-state index contributed by atoms with van der Waals surface area (Å²) in [4.78, 5) is 19.9. The predicted molar refractivity (Wildman–Crippen MR) is 151 cm³/mol. The molecule has 2 aliphatic rings. The molecule has 2 aromatic heterocycles. The van der Waals surface area contributed by atoms with Gasteiger partial charge in [-0.05, 0) is 60.3 Å². The number of hydrogen-bond donors (Lipinski definition) is 2. The zero-order chi connectivity index (χ0) is 25.2. The van der Waals surface area contributed by atoms with E-state index < -0.39 is 0 Å². The van der Waals surface area contributed by atoms with E-state index in [9.17, 15) is 4.79 Å². The molecule has 2 atom stereocenters. The fraction of sp³-hybridized carbons (Fsp3) is 0.300. The van der Waals surface area contributed by atoms with Crippen molar-refractivity contribution in [3.63, 3.8) is 0 Å². The lowest BCUT2D eigenvalue weighted by atomic mass is 9.99. The standard InChI is InChI=1S/C30H31N5OS/c36-27(32-25-14-7-9-21-8-1-4-12-24(21)25)16-19-35-29(22-15-18-34(20-22)23-10-2-3-11-23)28(33-30(35)37)26-13-5-6-17-31-26/h1,4-9,12-15,17-18,20,23,28-29H,2-3,10-11,16,19H2,(H,32,36)(H,33,37)/t28-,29-/m0/s1. The Morgan fingerprint density at radius 3 is 2.68 bits per heavy atom. The number of hydrogen-bond acceptors (Lipinski definition) is 3. The van der Waals surface area contributed by atoms with Gasteiger partial charge in [0, 0.05) is 48.7 Å². The molecule has 2 fully saturated rings. The summed E-state index contributed by atoms with van der Waals surface area (Å²) >= 11 is 5.80. The summed E-state index contributed by atoms with van der Waals surface area (Å²) in [7, 11) is 0. The lowest BCUT2D eigenvalue weighted by Gasteiger charge is -2.27.